The van der Waals surface area contributed by atoms with Gasteiger partial charge in [0.05, 0.1) is 6.61 Å². The van der Waals surface area contributed by atoms with Gasteiger partial charge in [0.25, 0.3) is 0 Å². The maximum absolute atomic E-state index is 11.2. The fraction of sp³-hybridized carbons (Fsp3) is 0.929. The van der Waals surface area contributed by atoms with Gasteiger partial charge in [-0.3, -0.25) is 4.79 Å². The van der Waals surface area contributed by atoms with E-state index in [0.717, 1.165) is 25.7 Å². The summed E-state index contributed by atoms with van der Waals surface area (Å²) in [7, 11) is 0. The zero-order chi connectivity index (χ0) is 16.5. The number of carbonyl (C=O) groups excluding carboxylic acids is 1. The molecule has 0 aromatic rings. The van der Waals surface area contributed by atoms with E-state index in [2.05, 4.69) is 5.32 Å². The van der Waals surface area contributed by atoms with Crippen molar-refractivity contribution in [2.24, 2.45) is 0 Å². The minimum Gasteiger partial charge on any atom is -0.394 e. The second kappa shape index (κ2) is 10.4. The minimum atomic E-state index is -1.29. The lowest BCUT2D eigenvalue weighted by Crippen LogP contribution is -2.64. The third-order valence-corrected chi connectivity index (χ3v) is 3.83. The van der Waals surface area contributed by atoms with Crippen LogP contribution in [0.5, 0.6) is 0 Å². The van der Waals surface area contributed by atoms with Crippen LogP contribution in [0.4, 0.5) is 0 Å². The molecule has 1 aliphatic rings. The Hall–Kier alpha value is -0.440. The second-order valence-electron chi connectivity index (χ2n) is 5.41. The Kier molecular flexibility index (Phi) is 9.23. The number of hydrogen-bond acceptors (Lipinski definition) is 6. The molecular formula is C14H26ClNO6. The highest BCUT2D eigenvalue weighted by Gasteiger charge is 2.45. The Balaban J connectivity index is 2.52. The molecule has 7 nitrogen and oxygen atoms in total. The summed E-state index contributed by atoms with van der Waals surface area (Å²) in [4.78, 5) is 11.2. The second-order valence-corrected chi connectivity index (χ2v) is 5.78. The van der Waals surface area contributed by atoms with Crippen molar-refractivity contribution in [3.63, 3.8) is 0 Å². The molecule has 0 radical (unpaired) electrons. The van der Waals surface area contributed by atoms with Crippen molar-refractivity contribution in [2.75, 3.05) is 19.1 Å². The molecule has 0 bridgehead atoms. The number of hydrogen-bond donors (Lipinski definition) is 4. The topological polar surface area (TPSA) is 108 Å². The Bertz CT molecular complexity index is 332. The summed E-state index contributed by atoms with van der Waals surface area (Å²) in [5.74, 6) is 0.275. The normalized spacial score (nSPS) is 32.0. The van der Waals surface area contributed by atoms with E-state index >= 15 is 0 Å². The van der Waals surface area contributed by atoms with Crippen LogP contribution in [0.15, 0.2) is 0 Å². The van der Waals surface area contributed by atoms with Crippen LogP contribution in [0.25, 0.3) is 0 Å². The molecule has 0 aromatic carbocycles. The van der Waals surface area contributed by atoms with Crippen molar-refractivity contribution in [3.8, 4) is 0 Å². The molecule has 1 aliphatic heterocycles. The summed E-state index contributed by atoms with van der Waals surface area (Å²) in [6.07, 6.45) is -0.692. The van der Waals surface area contributed by atoms with Crippen molar-refractivity contribution in [3.05, 3.63) is 0 Å². The molecule has 1 heterocycles. The number of carbonyl (C=O) groups is 1. The van der Waals surface area contributed by atoms with Crippen molar-refractivity contribution >= 4 is 17.5 Å². The zero-order valence-corrected chi connectivity index (χ0v) is 13.5. The van der Waals surface area contributed by atoms with Gasteiger partial charge in [0.1, 0.15) is 24.4 Å². The highest BCUT2D eigenvalue weighted by Crippen LogP contribution is 2.22. The number of amides is 1. The van der Waals surface area contributed by atoms with E-state index in [1.54, 1.807) is 0 Å². The summed E-state index contributed by atoms with van der Waals surface area (Å²) >= 11 is 5.60. The Morgan fingerprint density at radius 1 is 1.23 bits per heavy atom. The molecule has 8 heteroatoms. The van der Waals surface area contributed by atoms with Gasteiger partial charge in [-0.1, -0.05) is 12.8 Å². The van der Waals surface area contributed by atoms with Gasteiger partial charge in [-0.25, -0.2) is 0 Å². The monoisotopic (exact) mass is 339 g/mol. The van der Waals surface area contributed by atoms with Crippen molar-refractivity contribution in [2.45, 2.75) is 63.3 Å². The standard InChI is InChI=1S/C14H26ClNO6/c1-9(18)16-11-13(20)12(19)10(8-17)22-14(11)21-7-5-3-2-4-6-15/h10-14,17,19-20H,2-8H2,1H3,(H,16,18)/t10-,11-,12-,13-,14-/m0/s1. The number of rotatable bonds is 9. The van der Waals surface area contributed by atoms with Gasteiger partial charge in [0, 0.05) is 19.4 Å². The number of nitrogens with one attached hydrogen (secondary N) is 1. The molecule has 4 N–H and O–H groups in total. The minimum absolute atomic E-state index is 0.363. The smallest absolute Gasteiger partial charge is 0.217 e. The number of ether oxygens (including phenoxy) is 2. The lowest BCUT2D eigenvalue weighted by atomic mass is 9.97. The molecule has 5 atom stereocenters. The van der Waals surface area contributed by atoms with Gasteiger partial charge < -0.3 is 30.1 Å². The maximum atomic E-state index is 11.2. The zero-order valence-electron chi connectivity index (χ0n) is 12.8. The molecule has 130 valence electrons. The van der Waals surface area contributed by atoms with E-state index in [1.807, 2.05) is 0 Å². The first-order chi connectivity index (χ1) is 10.5. The van der Waals surface area contributed by atoms with E-state index in [9.17, 15) is 20.1 Å². The molecule has 0 aromatic heterocycles. The van der Waals surface area contributed by atoms with E-state index in [-0.39, 0.29) is 5.91 Å². The Labute approximate surface area is 135 Å². The van der Waals surface area contributed by atoms with Crippen LogP contribution in [0.1, 0.15) is 32.6 Å². The van der Waals surface area contributed by atoms with Crippen molar-refractivity contribution < 1.29 is 29.6 Å². The quantitative estimate of drug-likeness (QED) is 0.341. The lowest BCUT2D eigenvalue weighted by molar-refractivity contribution is -0.270. The molecule has 0 spiro atoms. The number of alkyl halides is 1. The highest BCUT2D eigenvalue weighted by molar-refractivity contribution is 6.17. The fourth-order valence-electron chi connectivity index (χ4n) is 2.36. The molecule has 0 unspecified atom stereocenters. The fourth-order valence-corrected chi connectivity index (χ4v) is 2.55. The lowest BCUT2D eigenvalue weighted by Gasteiger charge is -2.42. The maximum Gasteiger partial charge on any atom is 0.217 e. The number of aliphatic hydroxyl groups excluding tert-OH is 3. The first-order valence-electron chi connectivity index (χ1n) is 7.58. The summed E-state index contributed by atoms with van der Waals surface area (Å²) < 4.78 is 11.0. The van der Waals surface area contributed by atoms with Crippen LogP contribution in [-0.2, 0) is 14.3 Å². The van der Waals surface area contributed by atoms with Crippen LogP contribution < -0.4 is 5.32 Å². The first-order valence-corrected chi connectivity index (χ1v) is 8.11. The number of aliphatic hydroxyl groups is 3. The summed E-state index contributed by atoms with van der Waals surface area (Å²) in [6.45, 7) is 1.26. The molecule has 0 aliphatic carbocycles. The largest absolute Gasteiger partial charge is 0.394 e. The van der Waals surface area contributed by atoms with Crippen molar-refractivity contribution in [1.82, 2.24) is 5.32 Å². The predicted molar refractivity (Wildman–Crippen MR) is 80.5 cm³/mol. The Morgan fingerprint density at radius 2 is 1.91 bits per heavy atom. The van der Waals surface area contributed by atoms with Gasteiger partial charge in [-0.05, 0) is 12.8 Å². The molecule has 0 saturated carbocycles. The van der Waals surface area contributed by atoms with Gasteiger partial charge in [-0.2, -0.15) is 0 Å². The van der Waals surface area contributed by atoms with E-state index in [1.165, 1.54) is 6.92 Å². The summed E-state index contributed by atoms with van der Waals surface area (Å²) in [5.41, 5.74) is 0. The van der Waals surface area contributed by atoms with Crippen LogP contribution in [0.2, 0.25) is 0 Å². The predicted octanol–water partition coefficient (Wildman–Crippen LogP) is -0.254. The molecule has 1 rings (SSSR count). The van der Waals surface area contributed by atoms with E-state index < -0.39 is 37.3 Å². The number of halogens is 1. The third kappa shape index (κ3) is 5.98. The van der Waals surface area contributed by atoms with Gasteiger partial charge in [0.2, 0.25) is 5.91 Å². The first kappa shape index (κ1) is 19.6. The molecule has 22 heavy (non-hydrogen) atoms. The van der Waals surface area contributed by atoms with Gasteiger partial charge in [0.15, 0.2) is 6.29 Å². The van der Waals surface area contributed by atoms with Crippen LogP contribution in [0.3, 0.4) is 0 Å². The van der Waals surface area contributed by atoms with E-state index in [4.69, 9.17) is 21.1 Å². The molecule has 1 amide bonds. The highest BCUT2D eigenvalue weighted by atomic mass is 35.5. The van der Waals surface area contributed by atoms with E-state index in [0.29, 0.717) is 12.5 Å². The molecule has 1 saturated heterocycles. The molecule has 1 fully saturated rings. The number of unbranched alkanes of at least 4 members (excludes halogenated alkanes) is 3. The summed E-state index contributed by atoms with van der Waals surface area (Å²) in [5, 5.41) is 31.6. The van der Waals surface area contributed by atoms with Gasteiger partial charge in [-0.15, -0.1) is 11.6 Å². The average molecular weight is 340 g/mol. The molecular weight excluding hydrogens is 314 g/mol. The van der Waals surface area contributed by atoms with Crippen LogP contribution >= 0.6 is 11.6 Å². The van der Waals surface area contributed by atoms with Gasteiger partial charge >= 0.3 is 0 Å². The third-order valence-electron chi connectivity index (χ3n) is 3.56. The van der Waals surface area contributed by atoms with Crippen LogP contribution in [0, 0.1) is 0 Å². The van der Waals surface area contributed by atoms with Crippen LogP contribution in [-0.4, -0.2) is 71.0 Å². The Morgan fingerprint density at radius 3 is 2.50 bits per heavy atom. The average Bonchev–Trinajstić information content (AvgIpc) is 2.49. The SMILES string of the molecule is CC(=O)N[C@@H]1[C@@H](OCCCCCCCl)O[C@@H](CO)[C@H](O)[C@H]1O. The summed E-state index contributed by atoms with van der Waals surface area (Å²) in [6, 6.07) is -0.877. The van der Waals surface area contributed by atoms with Crippen molar-refractivity contribution in [1.29, 1.82) is 0 Å².